The summed E-state index contributed by atoms with van der Waals surface area (Å²) < 4.78 is 16.0. The first kappa shape index (κ1) is 71.6. The fourth-order valence-electron chi connectivity index (χ4n) is 6.43. The molecule has 0 aliphatic carbocycles. The predicted molar refractivity (Wildman–Crippen MR) is 328 cm³/mol. The van der Waals surface area contributed by atoms with Gasteiger partial charge in [0, 0.05) is 19.3 Å². The van der Waals surface area contributed by atoms with Crippen LogP contribution in [0.4, 0.5) is 0 Å². The van der Waals surface area contributed by atoms with E-state index < -0.39 is 55.5 Å². The van der Waals surface area contributed by atoms with Crippen LogP contribution < -0.4 is 0 Å². The van der Waals surface area contributed by atoms with Gasteiger partial charge in [-0.15, -0.1) is 0 Å². The van der Waals surface area contributed by atoms with Crippen LogP contribution in [0.5, 0.6) is 0 Å². The molecule has 0 heterocycles. The lowest BCUT2D eigenvalue weighted by molar-refractivity contribution is -0.176. The van der Waals surface area contributed by atoms with E-state index in [-0.39, 0.29) is 19.3 Å². The van der Waals surface area contributed by atoms with Gasteiger partial charge in [-0.05, 0) is 116 Å². The molecule has 0 aliphatic heterocycles. The van der Waals surface area contributed by atoms with Crippen LogP contribution in [0.2, 0.25) is 0 Å². The Balaban J connectivity index is 5.09. The number of carbonyl (C=O) groups is 3. The van der Waals surface area contributed by atoms with E-state index in [2.05, 4.69) is 167 Å². The van der Waals surface area contributed by atoms with Gasteiger partial charge in [-0.25, -0.2) is 14.4 Å². The predicted octanol–water partition coefficient (Wildman–Crippen LogP) is 16.3. The smallest absolute Gasteiger partial charge is 0.335 e. The largest absolute Gasteiger partial charge is 0.460 e. The van der Waals surface area contributed by atoms with Gasteiger partial charge in [0.2, 0.25) is 0 Å². The minimum Gasteiger partial charge on any atom is -0.460 e. The Morgan fingerprint density at radius 3 is 0.628 bits per heavy atom. The number of aliphatic hydroxyl groups is 3. The van der Waals surface area contributed by atoms with Gasteiger partial charge in [-0.1, -0.05) is 240 Å². The van der Waals surface area contributed by atoms with Gasteiger partial charge >= 0.3 is 17.9 Å². The van der Waals surface area contributed by atoms with Crippen molar-refractivity contribution in [2.75, 3.05) is 13.2 Å². The number of esters is 3. The van der Waals surface area contributed by atoms with Gasteiger partial charge < -0.3 is 29.5 Å². The zero-order valence-corrected chi connectivity index (χ0v) is 47.6. The topological polar surface area (TPSA) is 140 Å². The summed E-state index contributed by atoms with van der Waals surface area (Å²) >= 11 is 0. The molecule has 0 spiro atoms. The van der Waals surface area contributed by atoms with Gasteiger partial charge in [0.1, 0.15) is 13.2 Å². The van der Waals surface area contributed by atoms with Gasteiger partial charge in [-0.3, -0.25) is 0 Å². The maximum absolute atomic E-state index is 12.9. The average Bonchev–Trinajstić information content (AvgIpc) is 3.44. The number of hydrogen-bond acceptors (Lipinski definition) is 9. The van der Waals surface area contributed by atoms with E-state index >= 15 is 0 Å². The minimum absolute atomic E-state index is 0.00551. The molecule has 0 rings (SSSR count). The molecule has 0 amide bonds. The molecule has 0 bridgehead atoms. The van der Waals surface area contributed by atoms with Crippen molar-refractivity contribution < 1.29 is 43.9 Å². The molecule has 0 aromatic heterocycles. The van der Waals surface area contributed by atoms with Crippen LogP contribution >= 0.6 is 0 Å². The molecule has 428 valence electrons. The van der Waals surface area contributed by atoms with Crippen molar-refractivity contribution in [1.29, 1.82) is 0 Å². The highest BCUT2D eigenvalue weighted by atomic mass is 16.6. The Kier molecular flexibility index (Phi) is 53.5. The molecule has 0 fully saturated rings. The zero-order chi connectivity index (χ0) is 56.9. The number of aliphatic hydroxyl groups excluding tert-OH is 3. The van der Waals surface area contributed by atoms with E-state index in [9.17, 15) is 29.7 Å². The average molecular weight is 1070 g/mol. The molecule has 78 heavy (non-hydrogen) atoms. The van der Waals surface area contributed by atoms with Crippen LogP contribution in [0, 0.1) is 0 Å². The summed E-state index contributed by atoms with van der Waals surface area (Å²) in [4.78, 5) is 38.4. The molecule has 9 nitrogen and oxygen atoms in total. The first-order valence-corrected chi connectivity index (χ1v) is 28.5. The lowest BCUT2D eigenvalue weighted by Crippen LogP contribution is -2.37. The fraction of sp³-hybridized carbons (Fsp3) is 0.435. The Labute approximate surface area is 471 Å². The Hall–Kier alpha value is -6.39. The normalized spacial score (nSPS) is 15.0. The highest BCUT2D eigenvalue weighted by Crippen LogP contribution is 2.09. The Morgan fingerprint density at radius 1 is 0.269 bits per heavy atom. The summed E-state index contributed by atoms with van der Waals surface area (Å²) in [6.45, 7) is 5.26. The van der Waals surface area contributed by atoms with Crippen LogP contribution in [-0.4, -0.2) is 70.9 Å². The highest BCUT2D eigenvalue weighted by molar-refractivity contribution is 5.76. The second-order valence-corrected chi connectivity index (χ2v) is 17.8. The lowest BCUT2D eigenvalue weighted by atomic mass is 10.2. The number of hydrogen-bond donors (Lipinski definition) is 3. The SMILES string of the molecule is CCC=CCC=CCC=CCC=CCC=CCC=CCC(O)C(=O)OCC(COC(=O)C(O)CC=CCC=CCC=CCC=CCC=CCC=CCC)OC(=O)C(O)CC=CCC=CCC=CCC=CCC=CCC=CCC. The van der Waals surface area contributed by atoms with E-state index in [4.69, 9.17) is 14.2 Å². The molecule has 9 heteroatoms. The summed E-state index contributed by atoms with van der Waals surface area (Å²) in [5, 5.41) is 31.6. The quantitative estimate of drug-likeness (QED) is 0.0309. The Morgan fingerprint density at radius 2 is 0.436 bits per heavy atom. The second-order valence-electron chi connectivity index (χ2n) is 17.8. The second kappa shape index (κ2) is 58.3. The molecular weight excluding hydrogens is 973 g/mol. The molecule has 0 aliphatic rings. The number of ether oxygens (including phenoxy) is 3. The summed E-state index contributed by atoms with van der Waals surface area (Å²) in [7, 11) is 0. The molecule has 0 saturated carbocycles. The van der Waals surface area contributed by atoms with E-state index in [0.717, 1.165) is 96.3 Å². The van der Waals surface area contributed by atoms with Crippen molar-refractivity contribution in [3.63, 3.8) is 0 Å². The van der Waals surface area contributed by atoms with E-state index in [1.165, 1.54) is 0 Å². The van der Waals surface area contributed by atoms with Crippen molar-refractivity contribution in [2.45, 2.75) is 180 Å². The molecule has 0 aromatic rings. The van der Waals surface area contributed by atoms with Crippen LogP contribution in [0.25, 0.3) is 0 Å². The number of carbonyl (C=O) groups excluding carboxylic acids is 3. The van der Waals surface area contributed by atoms with Crippen molar-refractivity contribution >= 4 is 17.9 Å². The van der Waals surface area contributed by atoms with Gasteiger partial charge in [-0.2, -0.15) is 0 Å². The summed E-state index contributed by atoms with van der Waals surface area (Å²) in [6.07, 6.45) is 84.1. The monoisotopic (exact) mass is 1070 g/mol. The molecule has 3 N–H and O–H groups in total. The first-order chi connectivity index (χ1) is 38.3. The lowest BCUT2D eigenvalue weighted by Gasteiger charge is -2.20. The maximum atomic E-state index is 12.9. The summed E-state index contributed by atoms with van der Waals surface area (Å²) in [5.74, 6) is -2.93. The minimum atomic E-state index is -1.54. The van der Waals surface area contributed by atoms with Crippen molar-refractivity contribution in [1.82, 2.24) is 0 Å². The molecule has 0 radical (unpaired) electrons. The standard InChI is InChI=1S/C69H98O9/c1-4-7-10-13-16-19-22-25-28-31-34-37-40-43-46-49-52-55-58-64(70)67(73)76-61-63(78-69(75)66(72)60-57-54-51-48-45-42-39-36-33-30-27-24-21-18-15-12-9-6-3)62-77-68(74)65(71)59-56-53-50-47-44-41-38-35-32-29-26-23-20-17-14-11-8-5-2/h7-12,16-21,25-30,34-39,43-48,52-57,63-66,70-72H,4-6,13-15,22-24,31-33,40-42,49-51,58-62H2,1-3H3. The third-order valence-electron chi connectivity index (χ3n) is 10.8. The zero-order valence-electron chi connectivity index (χ0n) is 47.6. The molecule has 0 aromatic carbocycles. The van der Waals surface area contributed by atoms with Gasteiger partial charge in [0.25, 0.3) is 0 Å². The summed E-state index contributed by atoms with van der Waals surface area (Å²) in [5.41, 5.74) is 0. The maximum Gasteiger partial charge on any atom is 0.335 e. The van der Waals surface area contributed by atoms with E-state index in [0.29, 0.717) is 19.3 Å². The van der Waals surface area contributed by atoms with Crippen LogP contribution in [0.3, 0.4) is 0 Å². The van der Waals surface area contributed by atoms with Crippen molar-refractivity contribution in [3.05, 3.63) is 219 Å². The summed E-state index contributed by atoms with van der Waals surface area (Å²) in [6, 6.07) is 0. The fourth-order valence-corrected chi connectivity index (χ4v) is 6.43. The van der Waals surface area contributed by atoms with Crippen molar-refractivity contribution in [3.8, 4) is 0 Å². The first-order valence-electron chi connectivity index (χ1n) is 28.5. The van der Waals surface area contributed by atoms with Crippen LogP contribution in [0.15, 0.2) is 219 Å². The molecule has 3 unspecified atom stereocenters. The van der Waals surface area contributed by atoms with Crippen LogP contribution in [-0.2, 0) is 28.6 Å². The molecule has 3 atom stereocenters. The van der Waals surface area contributed by atoms with Crippen LogP contribution in [0.1, 0.15) is 156 Å². The molecular formula is C69H98O9. The Bertz CT molecular complexity index is 1960. The third kappa shape index (κ3) is 51.7. The van der Waals surface area contributed by atoms with Gasteiger partial charge in [0.05, 0.1) is 0 Å². The molecule has 0 saturated heterocycles. The van der Waals surface area contributed by atoms with Gasteiger partial charge in [0.15, 0.2) is 24.4 Å². The highest BCUT2D eigenvalue weighted by Gasteiger charge is 2.26. The number of rotatable bonds is 47. The third-order valence-corrected chi connectivity index (χ3v) is 10.8. The van der Waals surface area contributed by atoms with Crippen molar-refractivity contribution in [2.24, 2.45) is 0 Å². The number of allylic oxidation sites excluding steroid dienone is 33. The van der Waals surface area contributed by atoms with E-state index in [1.807, 2.05) is 54.7 Å². The van der Waals surface area contributed by atoms with E-state index in [1.54, 1.807) is 18.2 Å².